The average molecular weight is 328 g/mol. The van der Waals surface area contributed by atoms with E-state index in [0.717, 1.165) is 5.56 Å². The van der Waals surface area contributed by atoms with Crippen LogP contribution in [0.3, 0.4) is 0 Å². The minimum atomic E-state index is -0.334. The molecule has 0 aliphatic heterocycles. The molecular weight excluding hydrogens is 311 g/mol. The Kier molecular flexibility index (Phi) is 4.37. The van der Waals surface area contributed by atoms with Crippen molar-refractivity contribution in [2.75, 3.05) is 14.2 Å². The van der Waals surface area contributed by atoms with Gasteiger partial charge in [-0.15, -0.1) is 0 Å². The maximum Gasteiger partial charge on any atom is 0.267 e. The Morgan fingerprint density at radius 3 is 2.62 bits per heavy atom. The van der Waals surface area contributed by atoms with Gasteiger partial charge >= 0.3 is 0 Å². The van der Waals surface area contributed by atoms with Crippen LogP contribution in [-0.2, 0) is 6.54 Å². The van der Waals surface area contributed by atoms with Crippen molar-refractivity contribution >= 4 is 16.8 Å². The van der Waals surface area contributed by atoms with Crippen molar-refractivity contribution in [1.29, 1.82) is 0 Å². The van der Waals surface area contributed by atoms with Gasteiger partial charge in [0.1, 0.15) is 11.5 Å². The van der Waals surface area contributed by atoms with Gasteiger partial charge in [0.15, 0.2) is 11.5 Å². The number of ether oxygens (including phenoxy) is 2. The highest BCUT2D eigenvalue weighted by atomic mass is 19.1. The smallest absolute Gasteiger partial charge is 0.267 e. The van der Waals surface area contributed by atoms with E-state index in [9.17, 15) is 9.18 Å². The van der Waals surface area contributed by atoms with Gasteiger partial charge in [0, 0.05) is 17.4 Å². The Balaban J connectivity index is 1.72. The lowest BCUT2D eigenvalue weighted by atomic mass is 10.2. The highest BCUT2D eigenvalue weighted by Crippen LogP contribution is 2.27. The molecule has 1 heterocycles. The molecule has 6 heteroatoms. The van der Waals surface area contributed by atoms with Crippen LogP contribution < -0.4 is 14.8 Å². The maximum absolute atomic E-state index is 13.2. The van der Waals surface area contributed by atoms with Gasteiger partial charge in [-0.1, -0.05) is 6.07 Å². The zero-order valence-electron chi connectivity index (χ0n) is 13.4. The van der Waals surface area contributed by atoms with Crippen molar-refractivity contribution in [2.45, 2.75) is 6.54 Å². The summed E-state index contributed by atoms with van der Waals surface area (Å²) in [6.07, 6.45) is 0. The quantitative estimate of drug-likeness (QED) is 0.756. The minimum Gasteiger partial charge on any atom is -0.493 e. The summed E-state index contributed by atoms with van der Waals surface area (Å²) >= 11 is 0. The molecule has 0 aliphatic rings. The Labute approximate surface area is 138 Å². The number of rotatable bonds is 5. The first-order valence-corrected chi connectivity index (χ1v) is 7.38. The van der Waals surface area contributed by atoms with Gasteiger partial charge < -0.3 is 19.8 Å². The second kappa shape index (κ2) is 6.62. The third kappa shape index (κ3) is 3.17. The van der Waals surface area contributed by atoms with Crippen LogP contribution in [0, 0.1) is 5.82 Å². The molecule has 0 bridgehead atoms. The van der Waals surface area contributed by atoms with Gasteiger partial charge in [-0.3, -0.25) is 4.79 Å². The zero-order chi connectivity index (χ0) is 17.1. The summed E-state index contributed by atoms with van der Waals surface area (Å²) in [6.45, 7) is 0.336. The van der Waals surface area contributed by atoms with Gasteiger partial charge in [0.25, 0.3) is 5.91 Å². The summed E-state index contributed by atoms with van der Waals surface area (Å²) in [6, 6.07) is 11.4. The van der Waals surface area contributed by atoms with Gasteiger partial charge in [-0.25, -0.2) is 4.39 Å². The number of aromatic nitrogens is 1. The molecule has 0 saturated heterocycles. The van der Waals surface area contributed by atoms with Crippen molar-refractivity contribution in [1.82, 2.24) is 10.3 Å². The first-order chi connectivity index (χ1) is 11.6. The van der Waals surface area contributed by atoms with E-state index in [-0.39, 0.29) is 11.7 Å². The summed E-state index contributed by atoms with van der Waals surface area (Å²) in [7, 11) is 3.13. The van der Waals surface area contributed by atoms with Gasteiger partial charge in [0.05, 0.1) is 14.2 Å². The van der Waals surface area contributed by atoms with Crippen molar-refractivity contribution in [3.63, 3.8) is 0 Å². The van der Waals surface area contributed by atoms with Crippen molar-refractivity contribution in [2.24, 2.45) is 0 Å². The first-order valence-electron chi connectivity index (χ1n) is 7.38. The minimum absolute atomic E-state index is 0.263. The van der Waals surface area contributed by atoms with E-state index in [1.165, 1.54) is 12.1 Å². The SMILES string of the molecule is COc1ccc(CNC(=O)c2cc3cc(F)ccc3[nH]2)cc1OC. The standard InChI is InChI=1S/C18H17FN2O3/c1-23-16-6-3-11(7-17(16)24-2)10-20-18(22)15-9-12-8-13(19)4-5-14(12)21-15/h3-9,21H,10H2,1-2H3,(H,20,22). The largest absolute Gasteiger partial charge is 0.493 e. The number of fused-ring (bicyclic) bond motifs is 1. The van der Waals surface area contributed by atoms with Crippen LogP contribution in [0.25, 0.3) is 10.9 Å². The van der Waals surface area contributed by atoms with Crippen molar-refractivity contribution in [3.8, 4) is 11.5 Å². The summed E-state index contributed by atoms with van der Waals surface area (Å²) in [4.78, 5) is 15.2. The molecule has 0 fully saturated rings. The number of hydrogen-bond donors (Lipinski definition) is 2. The lowest BCUT2D eigenvalue weighted by molar-refractivity contribution is 0.0946. The zero-order valence-corrected chi connectivity index (χ0v) is 13.4. The first kappa shape index (κ1) is 15.9. The summed E-state index contributed by atoms with van der Waals surface area (Å²) < 4.78 is 23.6. The van der Waals surface area contributed by atoms with Gasteiger partial charge in [-0.05, 0) is 42.0 Å². The Hall–Kier alpha value is -3.02. The molecule has 1 amide bonds. The van der Waals surface area contributed by atoms with Gasteiger partial charge in [-0.2, -0.15) is 0 Å². The predicted octanol–water partition coefficient (Wildman–Crippen LogP) is 3.25. The second-order valence-corrected chi connectivity index (χ2v) is 5.29. The second-order valence-electron chi connectivity index (χ2n) is 5.29. The molecule has 5 nitrogen and oxygen atoms in total. The fourth-order valence-electron chi connectivity index (χ4n) is 2.49. The van der Waals surface area contributed by atoms with E-state index in [0.29, 0.717) is 34.6 Å². The Morgan fingerprint density at radius 1 is 1.08 bits per heavy atom. The molecule has 2 N–H and O–H groups in total. The number of hydrogen-bond acceptors (Lipinski definition) is 3. The third-order valence-electron chi connectivity index (χ3n) is 3.73. The Morgan fingerprint density at radius 2 is 1.88 bits per heavy atom. The molecule has 1 aromatic heterocycles. The molecule has 0 spiro atoms. The number of carbonyl (C=O) groups excluding carboxylic acids is 1. The highest BCUT2D eigenvalue weighted by Gasteiger charge is 2.11. The number of nitrogens with one attached hydrogen (secondary N) is 2. The van der Waals surface area contributed by atoms with Crippen LogP contribution in [0.15, 0.2) is 42.5 Å². The number of benzene rings is 2. The van der Waals surface area contributed by atoms with E-state index in [1.807, 2.05) is 6.07 Å². The molecule has 0 saturated carbocycles. The normalized spacial score (nSPS) is 10.6. The molecule has 0 atom stereocenters. The highest BCUT2D eigenvalue weighted by molar-refractivity contribution is 5.97. The van der Waals surface area contributed by atoms with E-state index >= 15 is 0 Å². The lowest BCUT2D eigenvalue weighted by Gasteiger charge is -2.10. The van der Waals surface area contributed by atoms with E-state index in [1.54, 1.807) is 38.5 Å². The van der Waals surface area contributed by atoms with Crippen LogP contribution in [0.4, 0.5) is 4.39 Å². The fourth-order valence-corrected chi connectivity index (χ4v) is 2.49. The van der Waals surface area contributed by atoms with Crippen LogP contribution in [0.5, 0.6) is 11.5 Å². The number of amides is 1. The predicted molar refractivity (Wildman–Crippen MR) is 89.0 cm³/mol. The summed E-state index contributed by atoms with van der Waals surface area (Å²) in [5, 5.41) is 3.48. The molecule has 3 aromatic rings. The molecule has 124 valence electrons. The molecule has 0 radical (unpaired) electrons. The molecule has 0 aliphatic carbocycles. The van der Waals surface area contributed by atoms with Crippen molar-refractivity contribution < 1.29 is 18.7 Å². The number of H-pyrrole nitrogens is 1. The summed E-state index contributed by atoms with van der Waals surface area (Å²) in [5.41, 5.74) is 1.98. The van der Waals surface area contributed by atoms with E-state index < -0.39 is 0 Å². The number of aromatic amines is 1. The van der Waals surface area contributed by atoms with Crippen LogP contribution >= 0.6 is 0 Å². The fraction of sp³-hybridized carbons (Fsp3) is 0.167. The number of methoxy groups -OCH3 is 2. The molecular formula is C18H17FN2O3. The van der Waals surface area contributed by atoms with Crippen LogP contribution in [0.1, 0.15) is 16.1 Å². The number of halogens is 1. The topological polar surface area (TPSA) is 63.3 Å². The average Bonchev–Trinajstić information content (AvgIpc) is 3.02. The Bertz CT molecular complexity index is 889. The van der Waals surface area contributed by atoms with E-state index in [2.05, 4.69) is 10.3 Å². The molecule has 0 unspecified atom stereocenters. The molecule has 3 rings (SSSR count). The third-order valence-corrected chi connectivity index (χ3v) is 3.73. The van der Waals surface area contributed by atoms with Gasteiger partial charge in [0.2, 0.25) is 0 Å². The van der Waals surface area contributed by atoms with E-state index in [4.69, 9.17) is 9.47 Å². The number of carbonyl (C=O) groups is 1. The van der Waals surface area contributed by atoms with Crippen LogP contribution in [-0.4, -0.2) is 25.1 Å². The molecule has 24 heavy (non-hydrogen) atoms. The molecule has 2 aromatic carbocycles. The van der Waals surface area contributed by atoms with Crippen LogP contribution in [0.2, 0.25) is 0 Å². The lowest BCUT2D eigenvalue weighted by Crippen LogP contribution is -2.23. The van der Waals surface area contributed by atoms with Crippen molar-refractivity contribution in [3.05, 3.63) is 59.5 Å². The maximum atomic E-state index is 13.2. The summed E-state index contributed by atoms with van der Waals surface area (Å²) in [5.74, 6) is 0.635. The monoisotopic (exact) mass is 328 g/mol.